The second kappa shape index (κ2) is 14.3. The van der Waals surface area contributed by atoms with Crippen LogP contribution in [0.15, 0.2) is 0 Å². The van der Waals surface area contributed by atoms with Crippen molar-refractivity contribution in [2.24, 2.45) is 0 Å². The molecule has 0 radical (unpaired) electrons. The molecule has 0 aliphatic heterocycles. The van der Waals surface area contributed by atoms with Crippen molar-refractivity contribution in [2.75, 3.05) is 13.2 Å². The number of aliphatic hydroxyl groups is 10. The molecule has 13 nitrogen and oxygen atoms in total. The molecule has 0 unspecified atom stereocenters. The highest BCUT2D eigenvalue weighted by molar-refractivity contribution is 6.56. The van der Waals surface area contributed by atoms with E-state index in [9.17, 15) is 40.9 Å². The smallest absolute Gasteiger partial charge is 0.172 e. The third-order valence-corrected chi connectivity index (χ3v) is 9.48. The summed E-state index contributed by atoms with van der Waals surface area (Å²) in [5.74, 6) is 0. The Bertz CT molecular complexity index is 487. The first-order chi connectivity index (χ1) is 14.7. The van der Waals surface area contributed by atoms with E-state index in [2.05, 4.69) is 10.6 Å². The molecule has 0 bridgehead atoms. The highest BCUT2D eigenvalue weighted by atomic mass is 28.3. The summed E-state index contributed by atoms with van der Waals surface area (Å²) < 4.78 is 5.71. The van der Waals surface area contributed by atoms with Gasteiger partial charge >= 0.3 is 0 Å². The molecule has 32 heavy (non-hydrogen) atoms. The Morgan fingerprint density at radius 2 is 1.19 bits per heavy atom. The Labute approximate surface area is 192 Å². The third-order valence-electron chi connectivity index (χ3n) is 5.18. The maximum atomic E-state index is 10.9. The number of nitrogens with one attached hydrogen (secondary N) is 2. The van der Waals surface area contributed by atoms with E-state index in [1.165, 1.54) is 0 Å². The Kier molecular flexibility index (Phi) is 14.3. The van der Waals surface area contributed by atoms with Crippen molar-refractivity contribution in [1.82, 2.24) is 10.6 Å². The normalized spacial score (nSPS) is 22.5. The van der Waals surface area contributed by atoms with Crippen LogP contribution in [0.25, 0.3) is 0 Å². The first-order valence-corrected chi connectivity index (χ1v) is 14.9. The van der Waals surface area contributed by atoms with Gasteiger partial charge in [-0.3, -0.25) is 10.6 Å². The third kappa shape index (κ3) is 8.93. The quantitative estimate of drug-likeness (QED) is 0.0500. The number of rotatable bonds is 17. The topological polar surface area (TPSA) is 236 Å². The average Bonchev–Trinajstić information content (AvgIpc) is 2.73. The van der Waals surface area contributed by atoms with E-state index < -0.39 is 86.3 Å². The van der Waals surface area contributed by atoms with Crippen LogP contribution in [0.2, 0.25) is 19.1 Å². The summed E-state index contributed by atoms with van der Waals surface area (Å²) in [6.07, 6.45) is -12.3. The van der Waals surface area contributed by atoms with Gasteiger partial charge < -0.3 is 55.2 Å². The Morgan fingerprint density at radius 1 is 0.812 bits per heavy atom. The van der Waals surface area contributed by atoms with E-state index in [1.54, 1.807) is 0 Å². The molecule has 12 N–H and O–H groups in total. The summed E-state index contributed by atoms with van der Waals surface area (Å²) in [5, 5.41) is 105. The molecular weight excluding hydrogens is 464 g/mol. The molecule has 0 aromatic carbocycles. The van der Waals surface area contributed by atoms with Gasteiger partial charge in [-0.2, -0.15) is 0 Å². The van der Waals surface area contributed by atoms with Crippen LogP contribution in [0, 0.1) is 0 Å². The van der Waals surface area contributed by atoms with Gasteiger partial charge in [0, 0.05) is 0 Å². The van der Waals surface area contributed by atoms with Gasteiger partial charge in [0.1, 0.15) is 34.2 Å². The van der Waals surface area contributed by atoms with Crippen molar-refractivity contribution in [3.63, 3.8) is 0 Å². The Morgan fingerprint density at radius 3 is 1.47 bits per heavy atom. The molecule has 8 atom stereocenters. The van der Waals surface area contributed by atoms with Crippen molar-refractivity contribution in [3.8, 4) is 0 Å². The van der Waals surface area contributed by atoms with Gasteiger partial charge in [-0.15, -0.1) is 0 Å². The van der Waals surface area contributed by atoms with Gasteiger partial charge in [0.25, 0.3) is 0 Å². The highest BCUT2D eigenvalue weighted by Crippen LogP contribution is 2.21. The summed E-state index contributed by atoms with van der Waals surface area (Å²) in [6.45, 7) is 4.36. The first-order valence-electron chi connectivity index (χ1n) is 10.6. The van der Waals surface area contributed by atoms with E-state index in [1.807, 2.05) is 13.1 Å². The van der Waals surface area contributed by atoms with E-state index in [0.29, 0.717) is 6.04 Å². The fraction of sp³-hybridized carbons (Fsp3) is 1.00. The predicted octanol–water partition coefficient (Wildman–Crippen LogP) is -6.05. The van der Waals surface area contributed by atoms with Crippen LogP contribution in [0.4, 0.5) is 0 Å². The Balaban J connectivity index is 5.91. The summed E-state index contributed by atoms with van der Waals surface area (Å²) >= 11 is 0. The van der Waals surface area contributed by atoms with Crippen molar-refractivity contribution >= 4 is 18.8 Å². The summed E-state index contributed by atoms with van der Waals surface area (Å²) in [6, 6.07) is 0.471. The van der Waals surface area contributed by atoms with Crippen LogP contribution in [0.1, 0.15) is 20.3 Å². The zero-order chi connectivity index (χ0) is 25.3. The minimum atomic E-state index is -2.59. The zero-order valence-corrected chi connectivity index (χ0v) is 21.6. The van der Waals surface area contributed by atoms with Crippen molar-refractivity contribution in [3.05, 3.63) is 0 Å². The van der Waals surface area contributed by atoms with Gasteiger partial charge in [0.2, 0.25) is 0 Å². The lowest BCUT2D eigenvalue weighted by atomic mass is 9.94. The largest absolute Gasteiger partial charge is 0.463 e. The van der Waals surface area contributed by atoms with Crippen molar-refractivity contribution < 1.29 is 55.2 Å². The number of aliphatic hydroxyl groups excluding tert-OH is 8. The van der Waals surface area contributed by atoms with Crippen LogP contribution in [0.5, 0.6) is 0 Å². The van der Waals surface area contributed by atoms with Gasteiger partial charge in [0.05, 0.1) is 31.6 Å². The summed E-state index contributed by atoms with van der Waals surface area (Å²) in [5.41, 5.74) is -5.18. The zero-order valence-electron chi connectivity index (χ0n) is 19.0. The van der Waals surface area contributed by atoms with E-state index in [0.717, 1.165) is 13.8 Å². The maximum Gasteiger partial charge on any atom is 0.172 e. The molecule has 0 aliphatic rings. The van der Waals surface area contributed by atoms with E-state index in [4.69, 9.17) is 14.3 Å². The molecule has 0 aromatic heterocycles. The van der Waals surface area contributed by atoms with Gasteiger partial charge in [-0.05, 0) is 39.4 Å². The summed E-state index contributed by atoms with van der Waals surface area (Å²) in [7, 11) is -2.29. The molecule has 0 saturated carbocycles. The molecule has 0 fully saturated rings. The lowest BCUT2D eigenvalue weighted by Gasteiger charge is -2.45. The fourth-order valence-electron chi connectivity index (χ4n) is 3.04. The fourth-order valence-corrected chi connectivity index (χ4v) is 6.16. The standard InChI is InChI=1S/C17H42N2O11Si2/c1-9(22)16(28,14(26)11(24)7-20)18-13(5-6-31-30-32(3)4)19-17(29,10(2)23)15(27)12(25)8-21/h9-15,18-29,32H,5-8,31H2,1-4H3/t9-,10-,11+,12+,14+,15+,16-,17-/m0/s1. The lowest BCUT2D eigenvalue weighted by Crippen LogP contribution is -2.74. The molecule has 0 amide bonds. The number of hydrogen-bond donors (Lipinski definition) is 12. The van der Waals surface area contributed by atoms with Crippen LogP contribution >= 0.6 is 0 Å². The lowest BCUT2D eigenvalue weighted by molar-refractivity contribution is -0.219. The second-order valence-corrected chi connectivity index (χ2v) is 12.8. The minimum absolute atomic E-state index is 0.112. The average molecular weight is 507 g/mol. The van der Waals surface area contributed by atoms with E-state index in [-0.39, 0.29) is 6.42 Å². The molecule has 0 aromatic rings. The molecule has 15 heteroatoms. The molecule has 194 valence electrons. The molecule has 0 heterocycles. The van der Waals surface area contributed by atoms with E-state index >= 15 is 0 Å². The summed E-state index contributed by atoms with van der Waals surface area (Å²) in [4.78, 5) is 0. The van der Waals surface area contributed by atoms with Gasteiger partial charge in [0.15, 0.2) is 20.5 Å². The first kappa shape index (κ1) is 31.9. The van der Waals surface area contributed by atoms with Crippen LogP contribution in [-0.2, 0) is 4.12 Å². The Hall–Kier alpha value is -0.0862. The van der Waals surface area contributed by atoms with Crippen LogP contribution in [0.3, 0.4) is 0 Å². The minimum Gasteiger partial charge on any atom is -0.463 e. The molecule has 0 spiro atoms. The van der Waals surface area contributed by atoms with Crippen LogP contribution in [-0.4, -0.2) is 137 Å². The molecule has 0 saturated heterocycles. The molecule has 0 rings (SSSR count). The van der Waals surface area contributed by atoms with Crippen LogP contribution < -0.4 is 10.6 Å². The molecular formula is C17H42N2O11Si2. The predicted molar refractivity (Wildman–Crippen MR) is 119 cm³/mol. The number of hydrogen-bond acceptors (Lipinski definition) is 13. The second-order valence-electron chi connectivity index (χ2n) is 8.30. The SMILES string of the molecule is C[C@H](O)[C@@](O)(NC(CC[SiH2]O[SiH](C)C)N[C@](O)([C@H](C)O)[C@H](O)[C@H](O)CO)[C@H](O)[C@H](O)CO. The maximum absolute atomic E-state index is 10.9. The van der Waals surface area contributed by atoms with Gasteiger partial charge in [-0.1, -0.05) is 0 Å². The van der Waals surface area contributed by atoms with Gasteiger partial charge in [-0.25, -0.2) is 0 Å². The monoisotopic (exact) mass is 506 g/mol. The highest BCUT2D eigenvalue weighted by Gasteiger charge is 2.49. The molecule has 0 aliphatic carbocycles. The van der Waals surface area contributed by atoms with Crippen molar-refractivity contribution in [1.29, 1.82) is 0 Å². The van der Waals surface area contributed by atoms with Crippen molar-refractivity contribution in [2.45, 2.75) is 93.6 Å².